The number of rotatable bonds is 8. The van der Waals surface area contributed by atoms with Crippen LogP contribution < -0.4 is 10.1 Å². The molecule has 0 spiro atoms. The highest BCUT2D eigenvalue weighted by atomic mass is 35.5. The number of amides is 3. The first kappa shape index (κ1) is 26.5. The van der Waals surface area contributed by atoms with Gasteiger partial charge < -0.3 is 19.9 Å². The fourth-order valence-electron chi connectivity index (χ4n) is 3.10. The van der Waals surface area contributed by atoms with E-state index in [1.807, 2.05) is 0 Å². The van der Waals surface area contributed by atoms with Crippen molar-refractivity contribution in [1.29, 1.82) is 0 Å². The van der Waals surface area contributed by atoms with Crippen LogP contribution in [0.4, 0.5) is 16.2 Å². The van der Waals surface area contributed by atoms with Crippen molar-refractivity contribution in [2.45, 2.75) is 6.92 Å². The van der Waals surface area contributed by atoms with Crippen LogP contribution in [0.3, 0.4) is 0 Å². The number of benzene rings is 2. The van der Waals surface area contributed by atoms with Crippen molar-refractivity contribution < 1.29 is 38.7 Å². The predicted molar refractivity (Wildman–Crippen MR) is 130 cm³/mol. The summed E-state index contributed by atoms with van der Waals surface area (Å²) in [5.74, 6) is -3.06. The van der Waals surface area contributed by atoms with E-state index in [-0.39, 0.29) is 39.1 Å². The Labute approximate surface area is 212 Å². The van der Waals surface area contributed by atoms with Crippen molar-refractivity contribution in [2.75, 3.05) is 25.6 Å². The predicted octanol–water partition coefficient (Wildman–Crippen LogP) is 3.81. The van der Waals surface area contributed by atoms with Gasteiger partial charge in [0.15, 0.2) is 5.75 Å². The molecule has 0 aromatic heterocycles. The van der Waals surface area contributed by atoms with Crippen molar-refractivity contribution in [3.8, 4) is 11.5 Å². The third-order valence-electron chi connectivity index (χ3n) is 4.70. The van der Waals surface area contributed by atoms with Crippen LogP contribution in [0.25, 0.3) is 6.08 Å². The molecule has 1 aliphatic rings. The van der Waals surface area contributed by atoms with Crippen molar-refractivity contribution >= 4 is 63.8 Å². The monoisotopic (exact) mass is 535 g/mol. The Kier molecular flexibility index (Phi) is 8.17. The lowest BCUT2D eigenvalue weighted by Crippen LogP contribution is -2.36. The van der Waals surface area contributed by atoms with E-state index in [2.05, 4.69) is 10.1 Å². The molecule has 1 aliphatic heterocycles. The van der Waals surface area contributed by atoms with Gasteiger partial charge in [0.1, 0.15) is 6.54 Å². The Balaban J connectivity index is 1.79. The van der Waals surface area contributed by atoms with Crippen molar-refractivity contribution in [1.82, 2.24) is 4.90 Å². The maximum absolute atomic E-state index is 12.8. The lowest BCUT2D eigenvalue weighted by atomic mass is 10.1. The molecule has 12 nitrogen and oxygen atoms in total. The fourth-order valence-corrected chi connectivity index (χ4v) is 4.14. The molecule has 1 saturated heterocycles. The number of phenols is 1. The summed E-state index contributed by atoms with van der Waals surface area (Å²) in [5.41, 5.74) is -0.304. The van der Waals surface area contributed by atoms with E-state index >= 15 is 0 Å². The second kappa shape index (κ2) is 11.1. The maximum atomic E-state index is 12.8. The maximum Gasteiger partial charge on any atom is 0.339 e. The van der Waals surface area contributed by atoms with E-state index < -0.39 is 45.9 Å². The number of aromatic hydroxyl groups is 1. The normalized spacial score (nSPS) is 14.2. The van der Waals surface area contributed by atoms with E-state index in [1.54, 1.807) is 6.92 Å². The Morgan fingerprint density at radius 2 is 2.00 bits per heavy atom. The van der Waals surface area contributed by atoms with Crippen molar-refractivity contribution in [3.63, 3.8) is 0 Å². The Hall–Kier alpha value is -4.10. The van der Waals surface area contributed by atoms with Crippen LogP contribution in [0.2, 0.25) is 5.02 Å². The molecule has 188 valence electrons. The molecule has 36 heavy (non-hydrogen) atoms. The molecule has 0 atom stereocenters. The summed E-state index contributed by atoms with van der Waals surface area (Å²) < 4.78 is 9.83. The van der Waals surface area contributed by atoms with E-state index in [4.69, 9.17) is 16.3 Å². The van der Waals surface area contributed by atoms with Crippen LogP contribution >= 0.6 is 23.4 Å². The lowest BCUT2D eigenvalue weighted by Gasteiger charge is -2.13. The van der Waals surface area contributed by atoms with Gasteiger partial charge in [-0.2, -0.15) is 0 Å². The molecular formula is C22H18ClN3O9S. The first-order chi connectivity index (χ1) is 17.0. The smallest absolute Gasteiger partial charge is 0.339 e. The number of hydrogen-bond acceptors (Lipinski definition) is 10. The van der Waals surface area contributed by atoms with Crippen LogP contribution in [0.15, 0.2) is 35.2 Å². The molecule has 0 bridgehead atoms. The molecule has 0 saturated carbocycles. The minimum absolute atomic E-state index is 0.0143. The number of halogens is 1. The lowest BCUT2D eigenvalue weighted by molar-refractivity contribution is -0.386. The molecule has 1 fully saturated rings. The van der Waals surface area contributed by atoms with Crippen LogP contribution in [0.5, 0.6) is 11.5 Å². The largest absolute Gasteiger partial charge is 0.500 e. The summed E-state index contributed by atoms with van der Waals surface area (Å²) in [5, 5.41) is 23.1. The summed E-state index contributed by atoms with van der Waals surface area (Å²) >= 11 is 6.49. The van der Waals surface area contributed by atoms with E-state index in [0.29, 0.717) is 16.7 Å². The molecule has 2 N–H and O–H groups in total. The number of phenolic OH excluding ortho intramolecular Hbond substituents is 1. The third kappa shape index (κ3) is 5.75. The van der Waals surface area contributed by atoms with Gasteiger partial charge in [-0.1, -0.05) is 11.6 Å². The molecule has 0 unspecified atom stereocenters. The summed E-state index contributed by atoms with van der Waals surface area (Å²) in [4.78, 5) is 60.5. The molecule has 3 rings (SSSR count). The zero-order valence-electron chi connectivity index (χ0n) is 18.8. The third-order valence-corrected chi connectivity index (χ3v) is 5.94. The minimum Gasteiger partial charge on any atom is -0.500 e. The van der Waals surface area contributed by atoms with Crippen LogP contribution in [-0.4, -0.2) is 58.2 Å². The van der Waals surface area contributed by atoms with Crippen LogP contribution in [0, 0.1) is 10.1 Å². The molecule has 3 amide bonds. The highest BCUT2D eigenvalue weighted by Gasteiger charge is 2.36. The van der Waals surface area contributed by atoms with E-state index in [1.165, 1.54) is 37.5 Å². The highest BCUT2D eigenvalue weighted by molar-refractivity contribution is 8.18. The number of nitro benzene ring substituents is 1. The minimum atomic E-state index is -0.812. The standard InChI is InChI=1S/C22H18ClN3O9S/c1-3-35-16-7-11(6-15(19(16)28)26(32)33)8-17-20(29)25(22(31)36-17)10-18(27)24-12-4-5-14(23)13(9-12)21(30)34-2/h4-9,28H,3,10H2,1-2H3,(H,24,27)/b17-8-. The summed E-state index contributed by atoms with van der Waals surface area (Å²) in [7, 11) is 1.17. The number of esters is 1. The molecule has 2 aromatic rings. The Bertz CT molecular complexity index is 1310. The van der Waals surface area contributed by atoms with Gasteiger partial charge in [0.25, 0.3) is 11.1 Å². The number of ether oxygens (including phenoxy) is 2. The van der Waals surface area contributed by atoms with E-state index in [0.717, 1.165) is 6.07 Å². The number of hydrogen-bond donors (Lipinski definition) is 2. The number of imide groups is 1. The molecular weight excluding hydrogens is 518 g/mol. The second-order valence-electron chi connectivity index (χ2n) is 7.08. The fraction of sp³-hybridized carbons (Fsp3) is 0.182. The molecule has 0 radical (unpaired) electrons. The summed E-state index contributed by atoms with van der Waals surface area (Å²) in [6.45, 7) is 1.11. The van der Waals surface area contributed by atoms with Crippen molar-refractivity contribution in [2.24, 2.45) is 0 Å². The van der Waals surface area contributed by atoms with Gasteiger partial charge in [-0.25, -0.2) is 4.79 Å². The first-order valence-corrected chi connectivity index (χ1v) is 11.3. The van der Waals surface area contributed by atoms with Gasteiger partial charge in [-0.05, 0) is 54.6 Å². The molecule has 0 aliphatic carbocycles. The molecule has 2 aromatic carbocycles. The quantitative estimate of drug-likeness (QED) is 0.219. The number of thioether (sulfide) groups is 1. The summed E-state index contributed by atoms with van der Waals surface area (Å²) in [6.07, 6.45) is 1.22. The number of carbonyl (C=O) groups excluding carboxylic acids is 4. The number of methoxy groups -OCH3 is 1. The average molecular weight is 536 g/mol. The van der Waals surface area contributed by atoms with E-state index in [9.17, 15) is 34.4 Å². The van der Waals surface area contributed by atoms with Gasteiger partial charge in [-0.15, -0.1) is 0 Å². The number of nitrogens with one attached hydrogen (secondary N) is 1. The molecule has 14 heteroatoms. The Morgan fingerprint density at radius 1 is 1.28 bits per heavy atom. The highest BCUT2D eigenvalue weighted by Crippen LogP contribution is 2.39. The van der Waals surface area contributed by atoms with Gasteiger partial charge in [0.05, 0.1) is 34.1 Å². The van der Waals surface area contributed by atoms with Gasteiger partial charge >= 0.3 is 11.7 Å². The number of carbonyl (C=O) groups is 4. The van der Waals surface area contributed by atoms with Gasteiger partial charge in [0, 0.05) is 11.8 Å². The molecule has 1 heterocycles. The zero-order valence-corrected chi connectivity index (χ0v) is 20.3. The summed E-state index contributed by atoms with van der Waals surface area (Å²) in [6, 6.07) is 6.39. The SMILES string of the molecule is CCOc1cc(/C=C2\SC(=O)N(CC(=O)Nc3ccc(Cl)c(C(=O)OC)c3)C2=O)cc([N+](=O)[O-])c1O. The van der Waals surface area contributed by atoms with Gasteiger partial charge in [0.2, 0.25) is 11.7 Å². The number of nitro groups is 1. The average Bonchev–Trinajstić information content (AvgIpc) is 3.08. The first-order valence-electron chi connectivity index (χ1n) is 10.1. The Morgan fingerprint density at radius 3 is 2.64 bits per heavy atom. The van der Waals surface area contributed by atoms with Crippen molar-refractivity contribution in [3.05, 3.63) is 61.5 Å². The number of nitrogens with zero attached hydrogens (tertiary/aromatic N) is 2. The number of anilines is 1. The topological polar surface area (TPSA) is 165 Å². The van der Waals surface area contributed by atoms with Crippen LogP contribution in [-0.2, 0) is 14.3 Å². The van der Waals surface area contributed by atoms with Gasteiger partial charge in [-0.3, -0.25) is 29.4 Å². The van der Waals surface area contributed by atoms with Crippen LogP contribution in [0.1, 0.15) is 22.8 Å². The second-order valence-corrected chi connectivity index (χ2v) is 8.48. The zero-order chi connectivity index (χ0) is 26.6.